The van der Waals surface area contributed by atoms with Crippen LogP contribution in [0.25, 0.3) is 0 Å². The van der Waals surface area contributed by atoms with Crippen molar-refractivity contribution in [3.05, 3.63) is 99.3 Å². The Hall–Kier alpha value is -2.97. The van der Waals surface area contributed by atoms with Gasteiger partial charge in [-0.3, -0.25) is 19.4 Å². The third-order valence-corrected chi connectivity index (χ3v) is 7.76. The van der Waals surface area contributed by atoms with Gasteiger partial charge in [0.1, 0.15) is 6.61 Å². The second-order valence-electron chi connectivity index (χ2n) is 9.48. The van der Waals surface area contributed by atoms with E-state index in [-0.39, 0.29) is 30.5 Å². The largest absolute Gasteiger partial charge is 0.326 e. The highest BCUT2D eigenvalue weighted by Gasteiger charge is 2.48. The highest BCUT2D eigenvalue weighted by Crippen LogP contribution is 2.47. The van der Waals surface area contributed by atoms with Crippen LogP contribution in [0.1, 0.15) is 64.8 Å². The highest BCUT2D eigenvalue weighted by molar-refractivity contribution is 6.35. The summed E-state index contributed by atoms with van der Waals surface area (Å²) in [6.45, 7) is 0.101. The fourth-order valence-corrected chi connectivity index (χ4v) is 6.01. The minimum Gasteiger partial charge on any atom is -0.326 e. The van der Waals surface area contributed by atoms with Gasteiger partial charge in [0.25, 0.3) is 11.8 Å². The SMILES string of the molecule is N[C@H]1CCCC[C@@H]1N1C(=O)c2ccccc2[C@@H](C(=O)NOCc2ccccn2)[C@@H]1c1ccc(Cl)cc1Cl. The molecule has 1 fully saturated rings. The number of nitrogens with zero attached hydrogens (tertiary/aromatic N) is 2. The van der Waals surface area contributed by atoms with E-state index in [9.17, 15) is 9.59 Å². The average Bonchev–Trinajstić information content (AvgIpc) is 2.90. The van der Waals surface area contributed by atoms with Gasteiger partial charge < -0.3 is 10.6 Å². The molecule has 5 rings (SSSR count). The van der Waals surface area contributed by atoms with Gasteiger partial charge in [-0.15, -0.1) is 0 Å². The van der Waals surface area contributed by atoms with Gasteiger partial charge in [0.15, 0.2) is 0 Å². The number of hydrogen-bond donors (Lipinski definition) is 2. The Morgan fingerprint density at radius 3 is 2.59 bits per heavy atom. The van der Waals surface area contributed by atoms with E-state index in [1.165, 1.54) is 0 Å². The number of hydroxylamine groups is 1. The molecule has 2 aromatic carbocycles. The van der Waals surface area contributed by atoms with Crippen molar-refractivity contribution >= 4 is 35.0 Å². The molecule has 1 aliphatic carbocycles. The Kier molecular flexibility index (Phi) is 7.76. The Morgan fingerprint density at radius 2 is 1.84 bits per heavy atom. The number of nitrogens with two attached hydrogens (primary N) is 1. The van der Waals surface area contributed by atoms with E-state index in [0.717, 1.165) is 25.7 Å². The summed E-state index contributed by atoms with van der Waals surface area (Å²) in [5.41, 5.74) is 11.6. The van der Waals surface area contributed by atoms with Crippen LogP contribution >= 0.6 is 23.2 Å². The molecule has 37 heavy (non-hydrogen) atoms. The maximum Gasteiger partial charge on any atom is 0.255 e. The molecule has 0 unspecified atom stereocenters. The van der Waals surface area contributed by atoms with Crippen LogP contribution in [0, 0.1) is 0 Å². The van der Waals surface area contributed by atoms with Crippen molar-refractivity contribution in [1.82, 2.24) is 15.4 Å². The lowest BCUT2D eigenvalue weighted by atomic mass is 9.76. The number of fused-ring (bicyclic) bond motifs is 1. The van der Waals surface area contributed by atoms with Gasteiger partial charge in [0, 0.05) is 33.9 Å². The third kappa shape index (κ3) is 5.22. The Bertz CT molecular complexity index is 1290. The highest BCUT2D eigenvalue weighted by atomic mass is 35.5. The van der Waals surface area contributed by atoms with Gasteiger partial charge in [0.2, 0.25) is 0 Å². The van der Waals surface area contributed by atoms with Gasteiger partial charge >= 0.3 is 0 Å². The molecule has 7 nitrogen and oxygen atoms in total. The van der Waals surface area contributed by atoms with E-state index in [0.29, 0.717) is 32.4 Å². The van der Waals surface area contributed by atoms with Crippen molar-refractivity contribution in [3.63, 3.8) is 0 Å². The minimum atomic E-state index is -0.787. The number of nitrogens with one attached hydrogen (secondary N) is 1. The first-order chi connectivity index (χ1) is 18.0. The second kappa shape index (κ2) is 11.2. The molecule has 9 heteroatoms. The number of hydrogen-bond acceptors (Lipinski definition) is 5. The second-order valence-corrected chi connectivity index (χ2v) is 10.3. The molecular formula is C28H28Cl2N4O3. The van der Waals surface area contributed by atoms with Crippen molar-refractivity contribution in [1.29, 1.82) is 0 Å². The van der Waals surface area contributed by atoms with E-state index in [1.54, 1.807) is 41.4 Å². The molecule has 3 N–H and O–H groups in total. The summed E-state index contributed by atoms with van der Waals surface area (Å²) >= 11 is 12.9. The molecule has 1 aromatic heterocycles. The van der Waals surface area contributed by atoms with Crippen LogP contribution in [0.2, 0.25) is 10.0 Å². The number of rotatable bonds is 6. The lowest BCUT2D eigenvalue weighted by Crippen LogP contribution is -2.57. The zero-order valence-corrected chi connectivity index (χ0v) is 21.7. The fourth-order valence-electron chi connectivity index (χ4n) is 5.48. The van der Waals surface area contributed by atoms with Crippen LogP contribution in [0.4, 0.5) is 0 Å². The molecule has 0 bridgehead atoms. The van der Waals surface area contributed by atoms with Gasteiger partial charge in [-0.1, -0.05) is 66.4 Å². The van der Waals surface area contributed by atoms with E-state index in [2.05, 4.69) is 10.5 Å². The van der Waals surface area contributed by atoms with Gasteiger partial charge in [-0.25, -0.2) is 5.48 Å². The van der Waals surface area contributed by atoms with Crippen LogP contribution in [0.3, 0.4) is 0 Å². The third-order valence-electron chi connectivity index (χ3n) is 7.20. The number of halogens is 2. The van der Waals surface area contributed by atoms with E-state index >= 15 is 0 Å². The van der Waals surface area contributed by atoms with Crippen molar-refractivity contribution < 1.29 is 14.4 Å². The zero-order chi connectivity index (χ0) is 25.9. The molecule has 3 aromatic rings. The van der Waals surface area contributed by atoms with Gasteiger partial charge in [-0.2, -0.15) is 0 Å². The van der Waals surface area contributed by atoms with Crippen molar-refractivity contribution in [3.8, 4) is 0 Å². The molecule has 0 spiro atoms. The van der Waals surface area contributed by atoms with Crippen LogP contribution in [0.15, 0.2) is 66.9 Å². The summed E-state index contributed by atoms with van der Waals surface area (Å²) in [6, 6.07) is 16.7. The van der Waals surface area contributed by atoms with E-state index in [1.807, 2.05) is 30.3 Å². The fraction of sp³-hybridized carbons (Fsp3) is 0.321. The first kappa shape index (κ1) is 25.7. The zero-order valence-electron chi connectivity index (χ0n) is 20.1. The lowest BCUT2D eigenvalue weighted by Gasteiger charge is -2.48. The molecule has 0 radical (unpaired) electrons. The average molecular weight is 539 g/mol. The molecule has 1 aliphatic heterocycles. The van der Waals surface area contributed by atoms with Crippen molar-refractivity contribution in [2.45, 2.75) is 56.3 Å². The van der Waals surface area contributed by atoms with Crippen LogP contribution in [0.5, 0.6) is 0 Å². The standard InChI is InChI=1S/C28H28Cl2N4O3/c29-17-12-13-21(22(30)15-17)26-25(27(35)33-37-16-18-7-5-6-14-32-18)19-8-1-2-9-20(19)28(36)34(26)24-11-4-3-10-23(24)31/h1-2,5-9,12-15,23-26H,3-4,10-11,16,31H2,(H,33,35)/t23-,24-,25+,26-/m0/s1. The number of carbonyl (C=O) groups is 2. The molecule has 2 amide bonds. The van der Waals surface area contributed by atoms with Crippen LogP contribution in [-0.2, 0) is 16.2 Å². The molecule has 2 aliphatic rings. The quantitative estimate of drug-likeness (QED) is 0.421. The number of benzene rings is 2. The lowest BCUT2D eigenvalue weighted by molar-refractivity contribution is -0.138. The van der Waals surface area contributed by atoms with Crippen LogP contribution in [-0.4, -0.2) is 33.8 Å². The number of amides is 2. The Labute approximate surface area is 225 Å². The summed E-state index contributed by atoms with van der Waals surface area (Å²) in [6.07, 6.45) is 5.18. The van der Waals surface area contributed by atoms with Crippen molar-refractivity contribution in [2.75, 3.05) is 0 Å². The number of carbonyl (C=O) groups excluding carboxylic acids is 2. The van der Waals surface area contributed by atoms with E-state index < -0.39 is 12.0 Å². The molecule has 4 atom stereocenters. The predicted octanol–water partition coefficient (Wildman–Crippen LogP) is 5.19. The maximum absolute atomic E-state index is 14.0. The summed E-state index contributed by atoms with van der Waals surface area (Å²) in [7, 11) is 0. The minimum absolute atomic E-state index is 0.101. The number of pyridine rings is 1. The van der Waals surface area contributed by atoms with Crippen LogP contribution < -0.4 is 11.2 Å². The van der Waals surface area contributed by atoms with Gasteiger partial charge in [0.05, 0.1) is 17.7 Å². The first-order valence-electron chi connectivity index (χ1n) is 12.4. The summed E-state index contributed by atoms with van der Waals surface area (Å²) < 4.78 is 0. The summed E-state index contributed by atoms with van der Waals surface area (Å²) in [4.78, 5) is 39.4. The molecule has 2 heterocycles. The monoisotopic (exact) mass is 538 g/mol. The summed E-state index contributed by atoms with van der Waals surface area (Å²) in [5.74, 6) is -1.33. The Morgan fingerprint density at radius 1 is 1.05 bits per heavy atom. The first-order valence-corrected chi connectivity index (χ1v) is 13.1. The van der Waals surface area contributed by atoms with Crippen molar-refractivity contribution in [2.24, 2.45) is 5.73 Å². The van der Waals surface area contributed by atoms with Gasteiger partial charge in [-0.05, 0) is 54.3 Å². The number of aromatic nitrogens is 1. The molecule has 0 saturated heterocycles. The molecule has 1 saturated carbocycles. The Balaban J connectivity index is 1.57. The normalized spacial score (nSPS) is 23.4. The smallest absolute Gasteiger partial charge is 0.255 e. The van der Waals surface area contributed by atoms with E-state index in [4.69, 9.17) is 33.8 Å². The molecular weight excluding hydrogens is 511 g/mol. The topological polar surface area (TPSA) is 97.5 Å². The molecule has 192 valence electrons. The summed E-state index contributed by atoms with van der Waals surface area (Å²) in [5, 5.41) is 0.850. The maximum atomic E-state index is 14.0. The predicted molar refractivity (Wildman–Crippen MR) is 142 cm³/mol.